The number of hydrogen-bond donors (Lipinski definition) is 1. The first-order chi connectivity index (χ1) is 6.43. The Hall–Kier alpha value is -1.05. The fraction of sp³-hybridized carbons (Fsp3) is 0.300. The van der Waals surface area contributed by atoms with Crippen LogP contribution in [0.25, 0.3) is 0 Å². The molecule has 0 aliphatic carbocycles. The molecule has 0 bridgehead atoms. The van der Waals surface area contributed by atoms with Crippen molar-refractivity contribution in [2.75, 3.05) is 0 Å². The second-order valence-corrected chi connectivity index (χ2v) is 4.30. The van der Waals surface area contributed by atoms with Gasteiger partial charge in [0, 0.05) is 0 Å². The maximum absolute atomic E-state index is 11.4. The van der Waals surface area contributed by atoms with Crippen molar-refractivity contribution in [1.82, 2.24) is 0 Å². The van der Waals surface area contributed by atoms with Gasteiger partial charge >= 0.3 is 13.6 Å². The van der Waals surface area contributed by atoms with E-state index < -0.39 is 13.6 Å². The molecule has 0 heterocycles. The van der Waals surface area contributed by atoms with Crippen molar-refractivity contribution in [2.45, 2.75) is 20.8 Å². The van der Waals surface area contributed by atoms with Gasteiger partial charge in [-0.2, -0.15) is 4.89 Å². The number of carbonyl (C=O) groups excluding carboxylic acids is 1. The van der Waals surface area contributed by atoms with Crippen LogP contribution in [0, 0.1) is 20.8 Å². The van der Waals surface area contributed by atoms with Gasteiger partial charge in [-0.3, -0.25) is 0 Å². The summed E-state index contributed by atoms with van der Waals surface area (Å²) >= 11 is 0. The fourth-order valence-electron chi connectivity index (χ4n) is 1.61. The summed E-state index contributed by atoms with van der Waals surface area (Å²) in [5.74, 6) is 0. The van der Waals surface area contributed by atoms with Crippen molar-refractivity contribution in [1.29, 1.82) is 0 Å². The van der Waals surface area contributed by atoms with Crippen LogP contribution in [-0.4, -0.2) is 10.4 Å². The average molecular weight is 211 g/mol. The smallest absolute Gasteiger partial charge is 0.231 e. The van der Waals surface area contributed by atoms with Crippen LogP contribution in [0.3, 0.4) is 0 Å². The summed E-state index contributed by atoms with van der Waals surface area (Å²) in [6.07, 6.45) is 0. The lowest BCUT2D eigenvalue weighted by Gasteiger charge is -2.03. The number of hydrogen-bond acceptors (Lipinski definition) is 2. The van der Waals surface area contributed by atoms with Crippen molar-refractivity contribution in [3.63, 3.8) is 0 Å². The second-order valence-electron chi connectivity index (χ2n) is 3.35. The Morgan fingerprint density at radius 1 is 1.21 bits per heavy atom. The number of carbonyl (C=O) groups is 1. The van der Waals surface area contributed by atoms with Crippen molar-refractivity contribution >= 4 is 13.6 Å². The molecule has 0 fully saturated rings. The van der Waals surface area contributed by atoms with Crippen LogP contribution in [-0.2, 0) is 4.57 Å². The molecule has 4 heteroatoms. The number of aryl methyl sites for hydroxylation is 3. The topological polar surface area (TPSA) is 54.4 Å². The molecule has 0 saturated heterocycles. The van der Waals surface area contributed by atoms with Gasteiger partial charge in [-0.25, -0.2) is 4.79 Å². The number of benzene rings is 1. The number of rotatable bonds is 2. The van der Waals surface area contributed by atoms with E-state index in [9.17, 15) is 9.36 Å². The third kappa shape index (κ3) is 2.06. The van der Waals surface area contributed by atoms with Gasteiger partial charge in [-0.1, -0.05) is 17.7 Å². The summed E-state index contributed by atoms with van der Waals surface area (Å²) in [6, 6.07) is 3.66. The minimum atomic E-state index is -2.77. The maximum atomic E-state index is 11.4. The van der Waals surface area contributed by atoms with Crippen LogP contribution in [0.2, 0.25) is 0 Å². The molecule has 1 N–H and O–H groups in total. The Morgan fingerprint density at radius 2 is 1.64 bits per heavy atom. The Morgan fingerprint density at radius 3 is 2.00 bits per heavy atom. The molecule has 0 aliphatic heterocycles. The first-order valence-electron chi connectivity index (χ1n) is 4.22. The lowest BCUT2D eigenvalue weighted by Crippen LogP contribution is -2.00. The molecule has 0 radical (unpaired) electrons. The van der Waals surface area contributed by atoms with E-state index in [1.54, 1.807) is 13.8 Å². The lowest BCUT2D eigenvalue weighted by atomic mass is 10.0. The van der Waals surface area contributed by atoms with E-state index in [0.717, 1.165) is 16.7 Å². The van der Waals surface area contributed by atoms with Gasteiger partial charge in [-0.15, -0.1) is 0 Å². The van der Waals surface area contributed by atoms with Crippen molar-refractivity contribution in [3.05, 3.63) is 34.4 Å². The van der Waals surface area contributed by atoms with E-state index in [4.69, 9.17) is 4.89 Å². The molecule has 3 nitrogen and oxygen atoms in total. The van der Waals surface area contributed by atoms with Crippen molar-refractivity contribution in [2.24, 2.45) is 0 Å². The molecule has 14 heavy (non-hydrogen) atoms. The third-order valence-corrected chi connectivity index (χ3v) is 2.64. The fourth-order valence-corrected chi connectivity index (χ4v) is 2.16. The summed E-state index contributed by atoms with van der Waals surface area (Å²) in [4.78, 5) is 20.1. The standard InChI is InChI=1S/C10H11O3P/c1-6-4-7(2)9(8(3)5-6)10(11)14(12)13/h4-5H,1-3H3/p+1. The quantitative estimate of drug-likeness (QED) is 0.764. The van der Waals surface area contributed by atoms with E-state index in [1.807, 2.05) is 19.1 Å². The largest absolute Gasteiger partial charge is 0.590 e. The first kappa shape index (κ1) is 11.0. The molecule has 74 valence electrons. The molecule has 1 atom stereocenters. The molecule has 0 saturated carbocycles. The highest BCUT2D eigenvalue weighted by Crippen LogP contribution is 2.27. The Kier molecular flexibility index (Phi) is 3.14. The van der Waals surface area contributed by atoms with Gasteiger partial charge in [0.2, 0.25) is 0 Å². The minimum Gasteiger partial charge on any atom is -0.231 e. The normalized spacial score (nSPS) is 11.3. The first-order valence-corrected chi connectivity index (χ1v) is 5.43. The van der Waals surface area contributed by atoms with Gasteiger partial charge in [0.05, 0.1) is 5.56 Å². The molecule has 1 aromatic carbocycles. The SMILES string of the molecule is Cc1cc(C)c(C(=O)[P+](=O)O)c(C)c1. The molecule has 1 rings (SSSR count). The van der Waals surface area contributed by atoms with E-state index in [0.29, 0.717) is 5.56 Å². The van der Waals surface area contributed by atoms with Gasteiger partial charge in [0.15, 0.2) is 0 Å². The van der Waals surface area contributed by atoms with Crippen LogP contribution < -0.4 is 0 Å². The minimum absolute atomic E-state index is 0.374. The monoisotopic (exact) mass is 211 g/mol. The molecular weight excluding hydrogens is 199 g/mol. The maximum Gasteiger partial charge on any atom is 0.590 e. The van der Waals surface area contributed by atoms with Crippen LogP contribution in [0.1, 0.15) is 27.0 Å². The van der Waals surface area contributed by atoms with Gasteiger partial charge in [0.25, 0.3) is 0 Å². The van der Waals surface area contributed by atoms with Crippen molar-refractivity contribution < 1.29 is 14.3 Å². The highest BCUT2D eigenvalue weighted by Gasteiger charge is 2.30. The van der Waals surface area contributed by atoms with Crippen molar-refractivity contribution in [3.8, 4) is 0 Å². The molecule has 0 aromatic heterocycles. The average Bonchev–Trinajstić information content (AvgIpc) is 2.01. The van der Waals surface area contributed by atoms with Crippen LogP contribution in [0.4, 0.5) is 0 Å². The summed E-state index contributed by atoms with van der Waals surface area (Å²) < 4.78 is 10.7. The summed E-state index contributed by atoms with van der Waals surface area (Å²) in [5, 5.41) is 0. The van der Waals surface area contributed by atoms with Crippen LogP contribution in [0.15, 0.2) is 12.1 Å². The molecular formula is C10H12O3P+. The zero-order valence-corrected chi connectivity index (χ0v) is 9.26. The lowest BCUT2D eigenvalue weighted by molar-refractivity contribution is 0.106. The summed E-state index contributed by atoms with van der Waals surface area (Å²) in [6.45, 7) is 5.46. The highest BCUT2D eigenvalue weighted by atomic mass is 31.1. The summed E-state index contributed by atoms with van der Waals surface area (Å²) in [7, 11) is -2.77. The zero-order chi connectivity index (χ0) is 10.9. The van der Waals surface area contributed by atoms with Gasteiger partial charge in [-0.05, 0) is 36.5 Å². The molecule has 1 unspecified atom stereocenters. The van der Waals surface area contributed by atoms with Gasteiger partial charge in [0.1, 0.15) is 0 Å². The predicted octanol–water partition coefficient (Wildman–Crippen LogP) is 2.49. The van der Waals surface area contributed by atoms with E-state index in [2.05, 4.69) is 0 Å². The van der Waals surface area contributed by atoms with E-state index in [-0.39, 0.29) is 0 Å². The predicted molar refractivity (Wildman–Crippen MR) is 54.8 cm³/mol. The molecule has 0 spiro atoms. The molecule has 0 amide bonds. The zero-order valence-electron chi connectivity index (χ0n) is 8.37. The molecule has 1 aromatic rings. The van der Waals surface area contributed by atoms with Crippen LogP contribution >= 0.6 is 8.03 Å². The second kappa shape index (κ2) is 3.99. The summed E-state index contributed by atoms with van der Waals surface area (Å²) in [5.41, 5.74) is 2.24. The van der Waals surface area contributed by atoms with Gasteiger partial charge < -0.3 is 0 Å². The third-order valence-electron chi connectivity index (χ3n) is 2.06. The van der Waals surface area contributed by atoms with E-state index >= 15 is 0 Å². The highest BCUT2D eigenvalue weighted by molar-refractivity contribution is 7.59. The molecule has 0 aliphatic rings. The Bertz CT molecular complexity index is 387. The Balaban J connectivity index is 3.35. The Labute approximate surface area is 83.6 Å². The van der Waals surface area contributed by atoms with E-state index in [1.165, 1.54) is 0 Å². The van der Waals surface area contributed by atoms with Crippen LogP contribution in [0.5, 0.6) is 0 Å².